The molecule has 0 aromatic heterocycles. The molecule has 0 radical (unpaired) electrons. The van der Waals surface area contributed by atoms with E-state index in [1.807, 2.05) is 0 Å². The summed E-state index contributed by atoms with van der Waals surface area (Å²) in [7, 11) is 0. The van der Waals surface area contributed by atoms with Gasteiger partial charge >= 0.3 is 0 Å². The maximum absolute atomic E-state index is 11.0. The minimum absolute atomic E-state index is 0.0635. The topological polar surface area (TPSA) is 134 Å². The highest BCUT2D eigenvalue weighted by atomic mass is 16.6. The summed E-state index contributed by atoms with van der Waals surface area (Å²) in [6.07, 6.45) is 3.13. The maximum atomic E-state index is 11.0. The number of nitro groups is 2. The molecule has 2 aromatic rings. The minimum Gasteiger partial charge on any atom is -0.361 e. The van der Waals surface area contributed by atoms with Crippen molar-refractivity contribution in [3.05, 3.63) is 56.6 Å². The third-order valence-electron chi connectivity index (χ3n) is 5.88. The van der Waals surface area contributed by atoms with Crippen molar-refractivity contribution in [2.45, 2.75) is 37.0 Å². The molecule has 4 N–H and O–H groups in total. The van der Waals surface area contributed by atoms with Gasteiger partial charge in [-0.3, -0.25) is 20.2 Å². The Kier molecular flexibility index (Phi) is 3.25. The van der Waals surface area contributed by atoms with E-state index in [4.69, 9.17) is 0 Å². The molecule has 1 fully saturated rings. The molecule has 2 spiro atoms. The first-order valence-electron chi connectivity index (χ1n) is 9.07. The molecule has 3 aliphatic rings. The van der Waals surface area contributed by atoms with Gasteiger partial charge in [-0.15, -0.1) is 0 Å². The molecule has 5 rings (SSSR count). The van der Waals surface area contributed by atoms with Gasteiger partial charge in [0.1, 0.15) is 11.3 Å². The summed E-state index contributed by atoms with van der Waals surface area (Å²) in [6.45, 7) is 0. The van der Waals surface area contributed by atoms with Crippen molar-refractivity contribution >= 4 is 34.1 Å². The van der Waals surface area contributed by atoms with Gasteiger partial charge in [-0.2, -0.15) is 0 Å². The van der Waals surface area contributed by atoms with Crippen LogP contribution in [0.15, 0.2) is 36.4 Å². The summed E-state index contributed by atoms with van der Waals surface area (Å²) < 4.78 is 0. The first-order chi connectivity index (χ1) is 13.4. The zero-order chi connectivity index (χ0) is 19.5. The van der Waals surface area contributed by atoms with E-state index < -0.39 is 9.85 Å². The molecule has 2 aromatic carbocycles. The fourth-order valence-corrected chi connectivity index (χ4v) is 4.41. The van der Waals surface area contributed by atoms with Gasteiger partial charge in [-0.1, -0.05) is 0 Å². The van der Waals surface area contributed by atoms with Gasteiger partial charge in [0.05, 0.1) is 32.6 Å². The second kappa shape index (κ2) is 5.47. The van der Waals surface area contributed by atoms with Gasteiger partial charge in [0.2, 0.25) is 0 Å². The summed E-state index contributed by atoms with van der Waals surface area (Å²) in [5.74, 6) is 0. The predicted molar refractivity (Wildman–Crippen MR) is 105 cm³/mol. The smallest absolute Gasteiger partial charge is 0.271 e. The van der Waals surface area contributed by atoms with E-state index in [2.05, 4.69) is 21.3 Å². The lowest BCUT2D eigenvalue weighted by molar-refractivity contribution is -0.385. The van der Waals surface area contributed by atoms with E-state index in [9.17, 15) is 20.2 Å². The van der Waals surface area contributed by atoms with Gasteiger partial charge in [0.15, 0.2) is 0 Å². The number of nitro benzene ring substituents is 2. The Hall–Kier alpha value is -3.56. The largest absolute Gasteiger partial charge is 0.361 e. The van der Waals surface area contributed by atoms with Crippen molar-refractivity contribution in [3.8, 4) is 0 Å². The van der Waals surface area contributed by atoms with Crippen molar-refractivity contribution in [2.24, 2.45) is 0 Å². The number of rotatable bonds is 2. The average Bonchev–Trinajstić information content (AvgIpc) is 3.21. The van der Waals surface area contributed by atoms with E-state index >= 15 is 0 Å². The maximum Gasteiger partial charge on any atom is 0.271 e. The number of anilines is 4. The summed E-state index contributed by atoms with van der Waals surface area (Å²) in [6, 6.07) is 9.59. The van der Waals surface area contributed by atoms with Crippen molar-refractivity contribution in [2.75, 3.05) is 21.3 Å². The Morgan fingerprint density at radius 2 is 1.00 bits per heavy atom. The van der Waals surface area contributed by atoms with Crippen molar-refractivity contribution < 1.29 is 9.85 Å². The monoisotopic (exact) mass is 382 g/mol. The Morgan fingerprint density at radius 1 is 0.643 bits per heavy atom. The van der Waals surface area contributed by atoms with Crippen LogP contribution in [0, 0.1) is 20.2 Å². The molecule has 10 nitrogen and oxygen atoms in total. The Morgan fingerprint density at radius 3 is 1.36 bits per heavy atom. The van der Waals surface area contributed by atoms with E-state index in [0.29, 0.717) is 0 Å². The molecule has 0 bridgehead atoms. The Bertz CT molecular complexity index is 934. The lowest BCUT2D eigenvalue weighted by atomic mass is 9.82. The Balaban J connectivity index is 1.32. The number of fused-ring (bicyclic) bond motifs is 2. The lowest BCUT2D eigenvalue weighted by Gasteiger charge is -2.44. The summed E-state index contributed by atoms with van der Waals surface area (Å²) >= 11 is 0. The molecule has 2 aliphatic heterocycles. The van der Waals surface area contributed by atoms with Crippen molar-refractivity contribution in [1.82, 2.24) is 0 Å². The van der Waals surface area contributed by atoms with E-state index in [1.165, 1.54) is 12.1 Å². The zero-order valence-electron chi connectivity index (χ0n) is 14.8. The second-order valence-corrected chi connectivity index (χ2v) is 7.64. The first-order valence-corrected chi connectivity index (χ1v) is 9.07. The number of benzene rings is 2. The highest BCUT2D eigenvalue weighted by Gasteiger charge is 2.48. The molecule has 1 saturated carbocycles. The van der Waals surface area contributed by atoms with Gasteiger partial charge in [0.25, 0.3) is 11.4 Å². The van der Waals surface area contributed by atoms with Crippen LogP contribution < -0.4 is 21.3 Å². The van der Waals surface area contributed by atoms with Crippen LogP contribution in [0.2, 0.25) is 0 Å². The van der Waals surface area contributed by atoms with Crippen LogP contribution in [0.1, 0.15) is 25.7 Å². The molecule has 0 amide bonds. The summed E-state index contributed by atoms with van der Waals surface area (Å²) in [5.41, 5.74) is 2.68. The minimum atomic E-state index is -0.397. The van der Waals surface area contributed by atoms with Crippen LogP contribution in [0.3, 0.4) is 0 Å². The standard InChI is InChI=1S/C18H18N6O4/c25-23(26)11-1-3-13-15(9-11)21-17(19-13)5-7-18(8-6-17)20-14-4-2-12(24(27)28)10-16(14)22-18/h1-4,9-10,19-22H,5-8H2. The molecule has 2 heterocycles. The molecule has 0 unspecified atom stereocenters. The van der Waals surface area contributed by atoms with Crippen molar-refractivity contribution in [3.63, 3.8) is 0 Å². The third kappa shape index (κ3) is 2.48. The van der Waals surface area contributed by atoms with Gasteiger partial charge in [-0.05, 0) is 37.8 Å². The normalized spacial score (nSPS) is 26.6. The van der Waals surface area contributed by atoms with Gasteiger partial charge in [0, 0.05) is 24.3 Å². The van der Waals surface area contributed by atoms with Gasteiger partial charge < -0.3 is 21.3 Å². The van der Waals surface area contributed by atoms with Crippen LogP contribution in [0.5, 0.6) is 0 Å². The van der Waals surface area contributed by atoms with Crippen LogP contribution in [-0.2, 0) is 0 Å². The van der Waals surface area contributed by atoms with Crippen LogP contribution in [0.25, 0.3) is 0 Å². The van der Waals surface area contributed by atoms with Crippen LogP contribution in [0.4, 0.5) is 34.1 Å². The predicted octanol–water partition coefficient (Wildman–Crippen LogP) is 3.84. The quantitative estimate of drug-likeness (QED) is 0.454. The lowest BCUT2D eigenvalue weighted by Crippen LogP contribution is -2.54. The third-order valence-corrected chi connectivity index (χ3v) is 5.88. The molecule has 28 heavy (non-hydrogen) atoms. The second-order valence-electron chi connectivity index (χ2n) is 7.64. The van der Waals surface area contributed by atoms with E-state index in [-0.39, 0.29) is 22.7 Å². The SMILES string of the molecule is O=[N+]([O-])c1ccc2c(c1)NC1(CCC3(CC1)Nc1ccc([N+](=O)[O-])cc1N3)N2. The molecule has 10 heteroatoms. The summed E-state index contributed by atoms with van der Waals surface area (Å²) in [4.78, 5) is 21.2. The molecule has 0 atom stereocenters. The highest BCUT2D eigenvalue weighted by molar-refractivity contribution is 5.80. The fraction of sp³-hybridized carbons (Fsp3) is 0.333. The number of hydrogen-bond acceptors (Lipinski definition) is 8. The number of nitrogens with zero attached hydrogens (tertiary/aromatic N) is 2. The fourth-order valence-electron chi connectivity index (χ4n) is 4.41. The first kappa shape index (κ1) is 16.6. The molecule has 0 saturated heterocycles. The summed E-state index contributed by atoms with van der Waals surface area (Å²) in [5, 5.41) is 35.9. The van der Waals surface area contributed by atoms with E-state index in [0.717, 1.165) is 48.4 Å². The number of non-ortho nitro benzene ring substituents is 2. The average molecular weight is 382 g/mol. The van der Waals surface area contributed by atoms with Gasteiger partial charge in [-0.25, -0.2) is 0 Å². The molecular weight excluding hydrogens is 364 g/mol. The van der Waals surface area contributed by atoms with Crippen molar-refractivity contribution in [1.29, 1.82) is 0 Å². The van der Waals surface area contributed by atoms with Crippen LogP contribution >= 0.6 is 0 Å². The molecule has 1 aliphatic carbocycles. The number of nitrogens with one attached hydrogen (secondary N) is 4. The molecular formula is C18H18N6O4. The number of hydrogen-bond donors (Lipinski definition) is 4. The van der Waals surface area contributed by atoms with Crippen LogP contribution in [-0.4, -0.2) is 21.2 Å². The highest BCUT2D eigenvalue weighted by Crippen LogP contribution is 2.48. The Labute approximate surface area is 159 Å². The molecule has 144 valence electrons. The van der Waals surface area contributed by atoms with E-state index in [1.54, 1.807) is 24.3 Å². The zero-order valence-corrected chi connectivity index (χ0v) is 14.8.